The first-order valence-corrected chi connectivity index (χ1v) is 8.50. The molecule has 0 unspecified atom stereocenters. The van der Waals surface area contributed by atoms with Crippen LogP contribution >= 0.6 is 11.3 Å². The van der Waals surface area contributed by atoms with Gasteiger partial charge in [-0.25, -0.2) is 9.37 Å². The number of carbonyl (C=O) groups is 2. The third-order valence-corrected chi connectivity index (χ3v) is 4.78. The minimum atomic E-state index is -0.537. The highest BCUT2D eigenvalue weighted by Crippen LogP contribution is 2.27. The number of carbonyl (C=O) groups excluding carboxylic acids is 2. The first kappa shape index (κ1) is 16.7. The molecule has 1 amide bonds. The van der Waals surface area contributed by atoms with Crippen molar-refractivity contribution >= 4 is 28.2 Å². The van der Waals surface area contributed by atoms with Crippen LogP contribution in [0.3, 0.4) is 0 Å². The molecule has 126 valence electrons. The molecule has 3 rings (SSSR count). The zero-order valence-electron chi connectivity index (χ0n) is 13.2. The fourth-order valence-electron chi connectivity index (χ4n) is 2.55. The minimum absolute atomic E-state index is 0.0239. The summed E-state index contributed by atoms with van der Waals surface area (Å²) in [4.78, 5) is 29.8. The second-order valence-electron chi connectivity index (χ2n) is 5.72. The standard InChI is InChI=1S/C17H17FN2O3S/c1-10(16(22)11-3-2-4-12(18)8-11)7-15(21)20-17-19-13-5-6-23-9-14(13)24-17/h2-4,8,10H,5-7,9H2,1H3,(H,19,20,21)/t10-/m1/s1. The number of amides is 1. The molecule has 0 aliphatic carbocycles. The van der Waals surface area contributed by atoms with Crippen molar-refractivity contribution in [3.63, 3.8) is 0 Å². The zero-order chi connectivity index (χ0) is 17.1. The molecule has 1 aliphatic heterocycles. The third kappa shape index (κ3) is 3.85. The molecule has 7 heteroatoms. The van der Waals surface area contributed by atoms with Crippen LogP contribution in [0, 0.1) is 11.7 Å². The summed E-state index contributed by atoms with van der Waals surface area (Å²) < 4.78 is 18.6. The highest BCUT2D eigenvalue weighted by Gasteiger charge is 2.21. The van der Waals surface area contributed by atoms with Gasteiger partial charge in [0, 0.05) is 24.3 Å². The highest BCUT2D eigenvalue weighted by atomic mass is 32.1. The average molecular weight is 348 g/mol. The van der Waals surface area contributed by atoms with Gasteiger partial charge in [-0.15, -0.1) is 0 Å². The molecule has 1 aromatic carbocycles. The number of thiazole rings is 1. The Morgan fingerprint density at radius 1 is 1.46 bits per heavy atom. The first-order chi connectivity index (χ1) is 11.5. The van der Waals surface area contributed by atoms with Crippen LogP contribution in [0.15, 0.2) is 24.3 Å². The molecular weight excluding hydrogens is 331 g/mol. The topological polar surface area (TPSA) is 68.3 Å². The minimum Gasteiger partial charge on any atom is -0.375 e. The number of halogens is 1. The van der Waals surface area contributed by atoms with Crippen molar-refractivity contribution in [2.45, 2.75) is 26.4 Å². The van der Waals surface area contributed by atoms with Crippen molar-refractivity contribution in [3.05, 3.63) is 46.2 Å². The molecule has 2 aromatic rings. The van der Waals surface area contributed by atoms with Gasteiger partial charge in [0.25, 0.3) is 0 Å². The maximum Gasteiger partial charge on any atom is 0.226 e. The lowest BCUT2D eigenvalue weighted by atomic mass is 9.96. The predicted octanol–water partition coefficient (Wildman–Crippen LogP) is 3.20. The van der Waals surface area contributed by atoms with E-state index in [1.165, 1.54) is 29.5 Å². The van der Waals surface area contributed by atoms with E-state index in [9.17, 15) is 14.0 Å². The number of benzene rings is 1. The van der Waals surface area contributed by atoms with E-state index >= 15 is 0 Å². The van der Waals surface area contributed by atoms with E-state index in [-0.39, 0.29) is 23.7 Å². The number of nitrogens with one attached hydrogen (secondary N) is 1. The predicted molar refractivity (Wildman–Crippen MR) is 88.6 cm³/mol. The summed E-state index contributed by atoms with van der Waals surface area (Å²) in [5, 5.41) is 3.26. The second-order valence-corrected chi connectivity index (χ2v) is 6.80. The van der Waals surface area contributed by atoms with E-state index in [0.29, 0.717) is 18.3 Å². The molecule has 1 atom stereocenters. The number of nitrogens with zero attached hydrogens (tertiary/aromatic N) is 1. The summed E-state index contributed by atoms with van der Waals surface area (Å²) in [6.45, 7) is 2.83. The molecule has 0 saturated carbocycles. The van der Waals surface area contributed by atoms with Gasteiger partial charge in [-0.1, -0.05) is 30.4 Å². The van der Waals surface area contributed by atoms with Crippen LogP contribution in [0.2, 0.25) is 0 Å². The SMILES string of the molecule is C[C@H](CC(=O)Nc1nc2c(s1)COCC2)C(=O)c1cccc(F)c1. The zero-order valence-corrected chi connectivity index (χ0v) is 14.0. The maximum atomic E-state index is 13.2. The van der Waals surface area contributed by atoms with Crippen LogP contribution in [-0.4, -0.2) is 23.3 Å². The lowest BCUT2D eigenvalue weighted by Gasteiger charge is -2.10. The number of hydrogen-bond acceptors (Lipinski definition) is 5. The highest BCUT2D eigenvalue weighted by molar-refractivity contribution is 7.15. The van der Waals surface area contributed by atoms with Crippen LogP contribution in [-0.2, 0) is 22.6 Å². The normalized spacial score (nSPS) is 14.8. The van der Waals surface area contributed by atoms with Gasteiger partial charge < -0.3 is 10.1 Å². The molecule has 2 heterocycles. The Hall–Kier alpha value is -2.12. The van der Waals surface area contributed by atoms with Crippen LogP contribution in [0.25, 0.3) is 0 Å². The van der Waals surface area contributed by atoms with Crippen LogP contribution in [0.4, 0.5) is 9.52 Å². The number of fused-ring (bicyclic) bond motifs is 1. The van der Waals surface area contributed by atoms with Crippen molar-refractivity contribution in [2.75, 3.05) is 11.9 Å². The van der Waals surface area contributed by atoms with Crippen LogP contribution < -0.4 is 5.32 Å². The summed E-state index contributed by atoms with van der Waals surface area (Å²) in [6, 6.07) is 5.50. The molecule has 0 spiro atoms. The molecule has 0 fully saturated rings. The number of Topliss-reactive ketones (excluding diaryl/α,β-unsaturated/α-hetero) is 1. The van der Waals surface area contributed by atoms with Gasteiger partial charge in [-0.05, 0) is 12.1 Å². The van der Waals surface area contributed by atoms with Crippen LogP contribution in [0.1, 0.15) is 34.3 Å². The van der Waals surface area contributed by atoms with E-state index in [1.807, 2.05) is 0 Å². The molecule has 5 nitrogen and oxygen atoms in total. The van der Waals surface area contributed by atoms with Crippen molar-refractivity contribution in [2.24, 2.45) is 5.92 Å². The van der Waals surface area contributed by atoms with Crippen molar-refractivity contribution in [1.29, 1.82) is 0 Å². The van der Waals surface area contributed by atoms with Crippen LogP contribution in [0.5, 0.6) is 0 Å². The molecule has 0 radical (unpaired) electrons. The van der Waals surface area contributed by atoms with Gasteiger partial charge in [0.1, 0.15) is 5.82 Å². The molecule has 1 N–H and O–H groups in total. The number of ether oxygens (including phenoxy) is 1. The Labute approximate surface area is 142 Å². The molecule has 1 aliphatic rings. The number of rotatable bonds is 5. The van der Waals surface area contributed by atoms with Crippen molar-refractivity contribution in [3.8, 4) is 0 Å². The molecular formula is C17H17FN2O3S. The fourth-order valence-corrected chi connectivity index (χ4v) is 3.51. The monoisotopic (exact) mass is 348 g/mol. The smallest absolute Gasteiger partial charge is 0.226 e. The van der Waals surface area contributed by atoms with Gasteiger partial charge in [0.05, 0.1) is 23.8 Å². The van der Waals surface area contributed by atoms with Gasteiger partial charge >= 0.3 is 0 Å². The first-order valence-electron chi connectivity index (χ1n) is 7.69. The largest absolute Gasteiger partial charge is 0.375 e. The summed E-state index contributed by atoms with van der Waals surface area (Å²) in [7, 11) is 0. The van der Waals surface area contributed by atoms with E-state index in [4.69, 9.17) is 4.74 Å². The van der Waals surface area contributed by atoms with E-state index in [2.05, 4.69) is 10.3 Å². The Kier molecular flexibility index (Phi) is 5.01. The summed E-state index contributed by atoms with van der Waals surface area (Å²) in [6.07, 6.45) is 0.770. The molecule has 24 heavy (non-hydrogen) atoms. The van der Waals surface area contributed by atoms with Gasteiger partial charge in [0.2, 0.25) is 5.91 Å². The number of aromatic nitrogens is 1. The second kappa shape index (κ2) is 7.19. The Morgan fingerprint density at radius 2 is 2.29 bits per heavy atom. The summed E-state index contributed by atoms with van der Waals surface area (Å²) in [5.74, 6) is -1.53. The molecule has 1 aromatic heterocycles. The Morgan fingerprint density at radius 3 is 3.04 bits per heavy atom. The third-order valence-electron chi connectivity index (χ3n) is 3.79. The lowest BCUT2D eigenvalue weighted by molar-refractivity contribution is -0.116. The Balaban J connectivity index is 1.59. The quantitative estimate of drug-likeness (QED) is 0.843. The summed E-state index contributed by atoms with van der Waals surface area (Å²) >= 11 is 1.39. The lowest BCUT2D eigenvalue weighted by Crippen LogP contribution is -2.20. The van der Waals surface area contributed by atoms with E-state index < -0.39 is 11.7 Å². The van der Waals surface area contributed by atoms with Crippen molar-refractivity contribution in [1.82, 2.24) is 4.98 Å². The van der Waals surface area contributed by atoms with Gasteiger partial charge in [0.15, 0.2) is 10.9 Å². The van der Waals surface area contributed by atoms with E-state index in [1.54, 1.807) is 13.0 Å². The van der Waals surface area contributed by atoms with E-state index in [0.717, 1.165) is 17.0 Å². The van der Waals surface area contributed by atoms with Crippen molar-refractivity contribution < 1.29 is 18.7 Å². The maximum absolute atomic E-state index is 13.2. The summed E-state index contributed by atoms with van der Waals surface area (Å²) in [5.41, 5.74) is 1.24. The molecule has 0 saturated heterocycles. The number of ketones is 1. The number of hydrogen-bond donors (Lipinski definition) is 1. The number of anilines is 1. The average Bonchev–Trinajstić information content (AvgIpc) is 2.95. The van der Waals surface area contributed by atoms with Gasteiger partial charge in [-0.2, -0.15) is 0 Å². The fraction of sp³-hybridized carbons (Fsp3) is 0.353. The molecule has 0 bridgehead atoms. The van der Waals surface area contributed by atoms with Gasteiger partial charge in [-0.3, -0.25) is 9.59 Å². The Bertz CT molecular complexity index is 751.